The van der Waals surface area contributed by atoms with E-state index in [0.29, 0.717) is 6.54 Å². The van der Waals surface area contributed by atoms with E-state index < -0.39 is 0 Å². The molecule has 0 atom stereocenters. The fourth-order valence-corrected chi connectivity index (χ4v) is 1.55. The summed E-state index contributed by atoms with van der Waals surface area (Å²) in [4.78, 5) is 2.23. The molecule has 0 saturated carbocycles. The minimum absolute atomic E-state index is 0.376. The number of nitriles is 1. The molecular formula is C10H15N3. The lowest BCUT2D eigenvalue weighted by Gasteiger charge is -2.35. The third-order valence-corrected chi connectivity index (χ3v) is 2.58. The molecule has 0 spiro atoms. The fraction of sp³-hybridized carbons (Fsp3) is 0.700. The van der Waals surface area contributed by atoms with Gasteiger partial charge in [-0.15, -0.1) is 6.42 Å². The smallest absolute Gasteiger partial charge is 0.109 e. The zero-order valence-corrected chi connectivity index (χ0v) is 8.01. The predicted molar refractivity (Wildman–Crippen MR) is 51.9 cm³/mol. The maximum Gasteiger partial charge on any atom is 0.109 e. The number of hydrogen-bond donors (Lipinski definition) is 1. The second-order valence-corrected chi connectivity index (χ2v) is 3.55. The normalized spacial score (nSPS) is 21.8. The molecule has 0 unspecified atom stereocenters. The van der Waals surface area contributed by atoms with Crippen LogP contribution in [0.3, 0.4) is 0 Å². The largest absolute Gasteiger partial charge is 0.306 e. The zero-order chi connectivity index (χ0) is 9.73. The fourth-order valence-electron chi connectivity index (χ4n) is 1.55. The minimum atomic E-state index is -0.376. The SMILES string of the molecule is C#CCNC1(C#N)CCN(C)CC1. The van der Waals surface area contributed by atoms with Gasteiger partial charge in [0.25, 0.3) is 0 Å². The highest BCUT2D eigenvalue weighted by atomic mass is 15.1. The summed E-state index contributed by atoms with van der Waals surface area (Å²) in [5.74, 6) is 2.51. The second-order valence-electron chi connectivity index (χ2n) is 3.55. The van der Waals surface area contributed by atoms with E-state index in [-0.39, 0.29) is 5.54 Å². The number of nitrogens with zero attached hydrogens (tertiary/aromatic N) is 2. The van der Waals surface area contributed by atoms with Crippen molar-refractivity contribution in [2.24, 2.45) is 0 Å². The van der Waals surface area contributed by atoms with Crippen molar-refractivity contribution in [2.75, 3.05) is 26.7 Å². The quantitative estimate of drug-likeness (QED) is 0.612. The Morgan fingerprint density at radius 3 is 2.62 bits per heavy atom. The maximum absolute atomic E-state index is 9.05. The van der Waals surface area contributed by atoms with Gasteiger partial charge in [0, 0.05) is 13.1 Å². The van der Waals surface area contributed by atoms with Gasteiger partial charge in [0.15, 0.2) is 0 Å². The van der Waals surface area contributed by atoms with E-state index in [0.717, 1.165) is 25.9 Å². The molecule has 0 aliphatic carbocycles. The summed E-state index contributed by atoms with van der Waals surface area (Å²) in [5, 5.41) is 12.2. The molecule has 13 heavy (non-hydrogen) atoms. The van der Waals surface area contributed by atoms with Crippen LogP contribution in [0.1, 0.15) is 12.8 Å². The van der Waals surface area contributed by atoms with Gasteiger partial charge < -0.3 is 4.90 Å². The summed E-state index contributed by atoms with van der Waals surface area (Å²) in [5.41, 5.74) is -0.376. The number of terminal acetylenes is 1. The summed E-state index contributed by atoms with van der Waals surface area (Å²) in [7, 11) is 2.07. The van der Waals surface area contributed by atoms with Crippen molar-refractivity contribution in [1.82, 2.24) is 10.2 Å². The first kappa shape index (κ1) is 10.1. The summed E-state index contributed by atoms with van der Waals surface area (Å²) in [6, 6.07) is 2.34. The Balaban J connectivity index is 2.52. The van der Waals surface area contributed by atoms with Gasteiger partial charge in [-0.1, -0.05) is 5.92 Å². The van der Waals surface area contributed by atoms with Crippen LogP contribution in [0.5, 0.6) is 0 Å². The molecule has 1 heterocycles. The Morgan fingerprint density at radius 1 is 1.54 bits per heavy atom. The second kappa shape index (κ2) is 4.28. The van der Waals surface area contributed by atoms with Crippen LogP contribution in [-0.4, -0.2) is 37.1 Å². The first-order valence-corrected chi connectivity index (χ1v) is 4.51. The number of likely N-dealkylation sites (tertiary alicyclic amines) is 1. The van der Waals surface area contributed by atoms with Gasteiger partial charge in [-0.3, -0.25) is 5.32 Å². The summed E-state index contributed by atoms with van der Waals surface area (Å²) < 4.78 is 0. The van der Waals surface area contributed by atoms with Gasteiger partial charge in [-0.2, -0.15) is 5.26 Å². The van der Waals surface area contributed by atoms with E-state index >= 15 is 0 Å². The monoisotopic (exact) mass is 177 g/mol. The van der Waals surface area contributed by atoms with Crippen molar-refractivity contribution in [3.05, 3.63) is 0 Å². The summed E-state index contributed by atoms with van der Waals surface area (Å²) >= 11 is 0. The summed E-state index contributed by atoms with van der Waals surface area (Å²) in [6.45, 7) is 2.41. The number of piperidine rings is 1. The average Bonchev–Trinajstić information content (AvgIpc) is 2.18. The first-order valence-electron chi connectivity index (χ1n) is 4.51. The highest BCUT2D eigenvalue weighted by Gasteiger charge is 2.32. The minimum Gasteiger partial charge on any atom is -0.306 e. The van der Waals surface area contributed by atoms with Crippen LogP contribution < -0.4 is 5.32 Å². The Bertz CT molecular complexity index is 238. The molecule has 70 valence electrons. The molecule has 0 aromatic carbocycles. The topological polar surface area (TPSA) is 39.1 Å². The van der Waals surface area contributed by atoms with E-state index in [2.05, 4.69) is 29.3 Å². The molecule has 0 bridgehead atoms. The average molecular weight is 177 g/mol. The van der Waals surface area contributed by atoms with Crippen molar-refractivity contribution in [3.63, 3.8) is 0 Å². The molecule has 3 nitrogen and oxygen atoms in total. The van der Waals surface area contributed by atoms with Crippen molar-refractivity contribution in [3.8, 4) is 18.4 Å². The Kier molecular flexibility index (Phi) is 3.31. The van der Waals surface area contributed by atoms with Gasteiger partial charge in [-0.25, -0.2) is 0 Å². The third kappa shape index (κ3) is 2.45. The third-order valence-electron chi connectivity index (χ3n) is 2.58. The number of rotatable bonds is 2. The van der Waals surface area contributed by atoms with E-state index in [1.165, 1.54) is 0 Å². The molecule has 3 heteroatoms. The lowest BCUT2D eigenvalue weighted by Crippen LogP contribution is -2.51. The van der Waals surface area contributed by atoms with Crippen molar-refractivity contribution in [1.29, 1.82) is 5.26 Å². The van der Waals surface area contributed by atoms with Crippen LogP contribution >= 0.6 is 0 Å². The number of hydrogen-bond acceptors (Lipinski definition) is 3. The molecule has 1 rings (SSSR count). The Morgan fingerprint density at radius 2 is 2.15 bits per heavy atom. The molecule has 1 saturated heterocycles. The standard InChI is InChI=1S/C10H15N3/c1-3-6-12-10(9-11)4-7-13(2)8-5-10/h1,12H,4-8H2,2H3. The maximum atomic E-state index is 9.05. The molecule has 1 aliphatic heterocycles. The van der Waals surface area contributed by atoms with E-state index in [1.807, 2.05) is 0 Å². The van der Waals surface area contributed by atoms with E-state index in [1.54, 1.807) is 0 Å². The highest BCUT2D eigenvalue weighted by molar-refractivity contribution is 5.11. The Hall–Kier alpha value is -1.03. The molecule has 0 radical (unpaired) electrons. The van der Waals surface area contributed by atoms with Gasteiger partial charge in [-0.05, 0) is 19.9 Å². The van der Waals surface area contributed by atoms with Crippen LogP contribution in [0, 0.1) is 23.7 Å². The van der Waals surface area contributed by atoms with E-state index in [9.17, 15) is 0 Å². The molecule has 1 fully saturated rings. The van der Waals surface area contributed by atoms with Gasteiger partial charge in [0.2, 0.25) is 0 Å². The molecule has 0 amide bonds. The highest BCUT2D eigenvalue weighted by Crippen LogP contribution is 2.20. The molecular weight excluding hydrogens is 162 g/mol. The Labute approximate surface area is 79.7 Å². The van der Waals surface area contributed by atoms with Gasteiger partial charge in [0.1, 0.15) is 5.54 Å². The van der Waals surface area contributed by atoms with Crippen molar-refractivity contribution >= 4 is 0 Å². The van der Waals surface area contributed by atoms with E-state index in [4.69, 9.17) is 11.7 Å². The van der Waals surface area contributed by atoms with Gasteiger partial charge >= 0.3 is 0 Å². The van der Waals surface area contributed by atoms with Crippen LogP contribution in [0.25, 0.3) is 0 Å². The summed E-state index contributed by atoms with van der Waals surface area (Å²) in [6.07, 6.45) is 6.88. The molecule has 1 N–H and O–H groups in total. The van der Waals surface area contributed by atoms with Crippen molar-refractivity contribution in [2.45, 2.75) is 18.4 Å². The zero-order valence-electron chi connectivity index (χ0n) is 8.01. The van der Waals surface area contributed by atoms with Crippen LogP contribution in [0.15, 0.2) is 0 Å². The van der Waals surface area contributed by atoms with Crippen molar-refractivity contribution < 1.29 is 0 Å². The molecule has 0 aromatic rings. The predicted octanol–water partition coefficient (Wildman–Crippen LogP) is 0.197. The van der Waals surface area contributed by atoms with Crippen LogP contribution in [0.2, 0.25) is 0 Å². The molecule has 0 aromatic heterocycles. The first-order chi connectivity index (χ1) is 6.22. The lowest BCUT2D eigenvalue weighted by molar-refractivity contribution is 0.200. The number of nitrogens with one attached hydrogen (secondary N) is 1. The van der Waals surface area contributed by atoms with Crippen LogP contribution in [-0.2, 0) is 0 Å². The van der Waals surface area contributed by atoms with Gasteiger partial charge in [0.05, 0.1) is 12.6 Å². The van der Waals surface area contributed by atoms with Crippen LogP contribution in [0.4, 0.5) is 0 Å². The lowest BCUT2D eigenvalue weighted by atomic mass is 9.89. The molecule has 1 aliphatic rings.